The van der Waals surface area contributed by atoms with Crippen molar-refractivity contribution in [1.29, 1.82) is 0 Å². The number of amides is 2. The summed E-state index contributed by atoms with van der Waals surface area (Å²) in [5.74, 6) is -0.478. The van der Waals surface area contributed by atoms with Crippen molar-refractivity contribution in [3.8, 4) is 0 Å². The van der Waals surface area contributed by atoms with Gasteiger partial charge in [0.2, 0.25) is 0 Å². The highest BCUT2D eigenvalue weighted by molar-refractivity contribution is 5.74. The van der Waals surface area contributed by atoms with Crippen molar-refractivity contribution in [2.45, 2.75) is 57.1 Å². The molecule has 2 amide bonds. The highest BCUT2D eigenvalue weighted by Gasteiger charge is 2.27. The fraction of sp³-hybridized carbons (Fsp3) is 0.867. The fourth-order valence-corrected chi connectivity index (χ4v) is 3.37. The van der Waals surface area contributed by atoms with Gasteiger partial charge >= 0.3 is 12.0 Å². The zero-order valence-electron chi connectivity index (χ0n) is 12.6. The third kappa shape index (κ3) is 4.88. The SMILES string of the molecule is COC1CCC(NC(=O)NCC2CCC(C(=O)O)CC2)C1. The second-order valence-electron chi connectivity index (χ2n) is 6.28. The minimum absolute atomic E-state index is 0.114. The van der Waals surface area contributed by atoms with Crippen molar-refractivity contribution < 1.29 is 19.4 Å². The van der Waals surface area contributed by atoms with Crippen molar-refractivity contribution in [3.05, 3.63) is 0 Å². The molecule has 0 aromatic carbocycles. The van der Waals surface area contributed by atoms with Crippen LogP contribution in [0.15, 0.2) is 0 Å². The fourth-order valence-electron chi connectivity index (χ4n) is 3.37. The second-order valence-corrected chi connectivity index (χ2v) is 6.28. The molecule has 6 heteroatoms. The van der Waals surface area contributed by atoms with Gasteiger partial charge < -0.3 is 20.5 Å². The average molecular weight is 298 g/mol. The normalized spacial score (nSPS) is 32.6. The number of carbonyl (C=O) groups excluding carboxylic acids is 1. The number of nitrogens with one attached hydrogen (secondary N) is 2. The van der Waals surface area contributed by atoms with E-state index in [0.717, 1.165) is 44.9 Å². The molecule has 2 aliphatic rings. The highest BCUT2D eigenvalue weighted by atomic mass is 16.5. The van der Waals surface area contributed by atoms with Crippen LogP contribution in [-0.4, -0.2) is 42.9 Å². The van der Waals surface area contributed by atoms with Crippen LogP contribution in [0.3, 0.4) is 0 Å². The summed E-state index contributed by atoms with van der Waals surface area (Å²) in [4.78, 5) is 22.7. The van der Waals surface area contributed by atoms with Gasteiger partial charge in [-0.15, -0.1) is 0 Å². The van der Waals surface area contributed by atoms with Gasteiger partial charge in [0.05, 0.1) is 12.0 Å². The summed E-state index contributed by atoms with van der Waals surface area (Å²) in [7, 11) is 1.71. The largest absolute Gasteiger partial charge is 0.481 e. The number of carboxylic acids is 1. The lowest BCUT2D eigenvalue weighted by Crippen LogP contribution is -2.43. The maximum atomic E-state index is 11.9. The van der Waals surface area contributed by atoms with E-state index in [1.54, 1.807) is 7.11 Å². The topological polar surface area (TPSA) is 87.7 Å². The summed E-state index contributed by atoms with van der Waals surface area (Å²) in [5.41, 5.74) is 0. The molecule has 2 unspecified atom stereocenters. The van der Waals surface area contributed by atoms with Gasteiger partial charge in [-0.05, 0) is 50.9 Å². The van der Waals surface area contributed by atoms with E-state index >= 15 is 0 Å². The third-order valence-electron chi connectivity index (χ3n) is 4.80. The minimum Gasteiger partial charge on any atom is -0.481 e. The van der Waals surface area contributed by atoms with E-state index in [1.165, 1.54) is 0 Å². The van der Waals surface area contributed by atoms with Crippen LogP contribution in [0, 0.1) is 11.8 Å². The number of carboxylic acid groups (broad SMARTS) is 1. The minimum atomic E-state index is -0.687. The second kappa shape index (κ2) is 7.64. The van der Waals surface area contributed by atoms with Crippen molar-refractivity contribution in [3.63, 3.8) is 0 Å². The Kier molecular flexibility index (Phi) is 5.85. The van der Waals surface area contributed by atoms with Crippen molar-refractivity contribution in [2.24, 2.45) is 11.8 Å². The summed E-state index contributed by atoms with van der Waals surface area (Å²) in [6.07, 6.45) is 6.33. The number of carbonyl (C=O) groups is 2. The average Bonchev–Trinajstić information content (AvgIpc) is 2.93. The summed E-state index contributed by atoms with van der Waals surface area (Å²) in [6.45, 7) is 0.637. The lowest BCUT2D eigenvalue weighted by atomic mass is 9.82. The van der Waals surface area contributed by atoms with Crippen LogP contribution in [-0.2, 0) is 9.53 Å². The van der Waals surface area contributed by atoms with Gasteiger partial charge in [0.1, 0.15) is 0 Å². The molecule has 2 fully saturated rings. The lowest BCUT2D eigenvalue weighted by Gasteiger charge is -2.26. The summed E-state index contributed by atoms with van der Waals surface area (Å²) in [5, 5.41) is 14.9. The molecule has 3 N–H and O–H groups in total. The van der Waals surface area contributed by atoms with Crippen LogP contribution >= 0.6 is 0 Å². The van der Waals surface area contributed by atoms with Gasteiger partial charge in [-0.3, -0.25) is 4.79 Å². The predicted octanol–water partition coefficient (Wildman–Crippen LogP) is 1.74. The molecule has 0 aromatic heterocycles. The van der Waals surface area contributed by atoms with Gasteiger partial charge in [-0.1, -0.05) is 0 Å². The van der Waals surface area contributed by atoms with Gasteiger partial charge in [0.15, 0.2) is 0 Å². The zero-order chi connectivity index (χ0) is 15.2. The summed E-state index contributed by atoms with van der Waals surface area (Å²) >= 11 is 0. The first kappa shape index (κ1) is 16.1. The molecule has 0 radical (unpaired) electrons. The maximum Gasteiger partial charge on any atom is 0.315 e. The molecular formula is C15H26N2O4. The number of hydrogen-bond acceptors (Lipinski definition) is 3. The van der Waals surface area contributed by atoms with E-state index in [-0.39, 0.29) is 24.1 Å². The molecule has 0 aromatic rings. The van der Waals surface area contributed by atoms with Crippen LogP contribution < -0.4 is 10.6 Å². The number of hydrogen-bond donors (Lipinski definition) is 3. The number of aliphatic carboxylic acids is 1. The molecule has 2 rings (SSSR count). The Labute approximate surface area is 125 Å². The van der Waals surface area contributed by atoms with E-state index in [0.29, 0.717) is 12.5 Å². The van der Waals surface area contributed by atoms with Gasteiger partial charge in [-0.25, -0.2) is 4.79 Å². The van der Waals surface area contributed by atoms with E-state index in [4.69, 9.17) is 9.84 Å². The first-order chi connectivity index (χ1) is 10.1. The molecule has 0 saturated heterocycles. The smallest absolute Gasteiger partial charge is 0.315 e. The van der Waals surface area contributed by atoms with Crippen LogP contribution in [0.1, 0.15) is 44.9 Å². The Morgan fingerprint density at radius 1 is 1.14 bits per heavy atom. The third-order valence-corrected chi connectivity index (χ3v) is 4.80. The van der Waals surface area contributed by atoms with Crippen molar-refractivity contribution >= 4 is 12.0 Å². The molecule has 0 heterocycles. The number of rotatable bonds is 5. The standard InChI is InChI=1S/C15H26N2O4/c1-21-13-7-6-12(8-13)17-15(20)16-9-10-2-4-11(5-3-10)14(18)19/h10-13H,2-9H2,1H3,(H,18,19)(H2,16,17,20). The molecular weight excluding hydrogens is 272 g/mol. The van der Waals surface area contributed by atoms with Crippen LogP contribution in [0.4, 0.5) is 4.79 Å². The van der Waals surface area contributed by atoms with E-state index in [1.807, 2.05) is 0 Å². The van der Waals surface area contributed by atoms with Crippen LogP contribution in [0.5, 0.6) is 0 Å². The Balaban J connectivity index is 1.60. The van der Waals surface area contributed by atoms with E-state index < -0.39 is 5.97 Å². The van der Waals surface area contributed by atoms with Gasteiger partial charge in [0, 0.05) is 19.7 Å². The van der Waals surface area contributed by atoms with E-state index in [9.17, 15) is 9.59 Å². The summed E-state index contributed by atoms with van der Waals surface area (Å²) < 4.78 is 5.29. The number of urea groups is 1. The molecule has 6 nitrogen and oxygen atoms in total. The molecule has 21 heavy (non-hydrogen) atoms. The van der Waals surface area contributed by atoms with Crippen molar-refractivity contribution in [1.82, 2.24) is 10.6 Å². The zero-order valence-corrected chi connectivity index (χ0v) is 12.6. The Morgan fingerprint density at radius 3 is 2.43 bits per heavy atom. The van der Waals surface area contributed by atoms with Crippen molar-refractivity contribution in [2.75, 3.05) is 13.7 Å². The molecule has 0 aliphatic heterocycles. The predicted molar refractivity (Wildman–Crippen MR) is 78.1 cm³/mol. The monoisotopic (exact) mass is 298 g/mol. The van der Waals surface area contributed by atoms with Crippen LogP contribution in [0.2, 0.25) is 0 Å². The van der Waals surface area contributed by atoms with E-state index in [2.05, 4.69) is 10.6 Å². The molecule has 2 saturated carbocycles. The van der Waals surface area contributed by atoms with Crippen LogP contribution in [0.25, 0.3) is 0 Å². The quantitative estimate of drug-likeness (QED) is 0.721. The molecule has 2 aliphatic carbocycles. The number of methoxy groups -OCH3 is 1. The molecule has 0 spiro atoms. The van der Waals surface area contributed by atoms with Gasteiger partial charge in [0.25, 0.3) is 0 Å². The number of ether oxygens (including phenoxy) is 1. The highest BCUT2D eigenvalue weighted by Crippen LogP contribution is 2.28. The Hall–Kier alpha value is -1.30. The molecule has 0 bridgehead atoms. The summed E-state index contributed by atoms with van der Waals surface area (Å²) in [6, 6.07) is 0.0924. The van der Waals surface area contributed by atoms with Gasteiger partial charge in [-0.2, -0.15) is 0 Å². The Morgan fingerprint density at radius 2 is 1.86 bits per heavy atom. The first-order valence-corrected chi connectivity index (χ1v) is 7.88. The Bertz CT molecular complexity index is 367. The molecule has 120 valence electrons. The lowest BCUT2D eigenvalue weighted by molar-refractivity contribution is -0.143. The maximum absolute atomic E-state index is 11.9. The first-order valence-electron chi connectivity index (χ1n) is 7.88. The molecule has 2 atom stereocenters.